The summed E-state index contributed by atoms with van der Waals surface area (Å²) in [5.41, 5.74) is 6.94. The molecule has 1 saturated carbocycles. The maximum Gasteiger partial charge on any atom is 0.251 e. The van der Waals surface area contributed by atoms with E-state index in [1.165, 1.54) is 25.7 Å². The van der Waals surface area contributed by atoms with Crippen LogP contribution in [0.15, 0.2) is 29.4 Å². The predicted molar refractivity (Wildman–Crippen MR) is 108 cm³/mol. The van der Waals surface area contributed by atoms with E-state index >= 15 is 0 Å². The van der Waals surface area contributed by atoms with Crippen LogP contribution in [-0.4, -0.2) is 33.5 Å². The average Bonchev–Trinajstić information content (AvgIpc) is 3.28. The molecule has 0 bridgehead atoms. The molecule has 1 aliphatic carbocycles. The van der Waals surface area contributed by atoms with Crippen molar-refractivity contribution in [3.8, 4) is 0 Å². The minimum absolute atomic E-state index is 0. The number of rotatable bonds is 7. The largest absolute Gasteiger partial charge is 0.399 e. The van der Waals surface area contributed by atoms with Crippen LogP contribution < -0.4 is 11.1 Å². The first-order valence-electron chi connectivity index (χ1n) is 8.80. The van der Waals surface area contributed by atoms with Crippen molar-refractivity contribution in [1.29, 1.82) is 0 Å². The molecule has 0 spiro atoms. The molecule has 1 aliphatic rings. The number of aromatic nitrogens is 3. The van der Waals surface area contributed by atoms with Gasteiger partial charge in [0.05, 0.1) is 0 Å². The maximum atomic E-state index is 12.1. The normalized spacial score (nSPS) is 14.2. The van der Waals surface area contributed by atoms with Crippen molar-refractivity contribution in [3.63, 3.8) is 0 Å². The van der Waals surface area contributed by atoms with Crippen molar-refractivity contribution in [2.75, 3.05) is 18.5 Å². The molecule has 8 heteroatoms. The monoisotopic (exact) mass is 395 g/mol. The van der Waals surface area contributed by atoms with Gasteiger partial charge in [0.25, 0.3) is 5.91 Å². The number of halogens is 1. The van der Waals surface area contributed by atoms with E-state index in [1.807, 2.05) is 6.26 Å². The van der Waals surface area contributed by atoms with Gasteiger partial charge < -0.3 is 15.6 Å². The summed E-state index contributed by atoms with van der Waals surface area (Å²) in [4.78, 5) is 12.1. The Hall–Kier alpha value is -1.73. The third-order valence-corrected chi connectivity index (χ3v) is 5.29. The van der Waals surface area contributed by atoms with Gasteiger partial charge in [0.1, 0.15) is 5.82 Å². The van der Waals surface area contributed by atoms with Crippen LogP contribution in [0.3, 0.4) is 0 Å². The fourth-order valence-electron chi connectivity index (χ4n) is 3.33. The second-order valence-corrected chi connectivity index (χ2v) is 7.17. The summed E-state index contributed by atoms with van der Waals surface area (Å²) < 4.78 is 2.32. The van der Waals surface area contributed by atoms with Gasteiger partial charge in [-0.25, -0.2) is 0 Å². The highest BCUT2D eigenvalue weighted by atomic mass is 35.5. The van der Waals surface area contributed by atoms with Crippen LogP contribution in [0.4, 0.5) is 5.69 Å². The number of hydrogen-bond donors (Lipinski definition) is 2. The summed E-state index contributed by atoms with van der Waals surface area (Å²) >= 11 is 1.66. The maximum absolute atomic E-state index is 12.1. The molecule has 0 saturated heterocycles. The number of carbonyl (C=O) groups excluding carboxylic acids is 1. The Labute approximate surface area is 164 Å². The predicted octanol–water partition coefficient (Wildman–Crippen LogP) is 3.48. The Morgan fingerprint density at radius 1 is 1.27 bits per heavy atom. The minimum Gasteiger partial charge on any atom is -0.399 e. The number of aryl methyl sites for hydroxylation is 1. The van der Waals surface area contributed by atoms with Crippen molar-refractivity contribution in [2.24, 2.45) is 0 Å². The molecule has 1 aromatic heterocycles. The highest BCUT2D eigenvalue weighted by Crippen LogP contribution is 2.33. The van der Waals surface area contributed by atoms with Gasteiger partial charge in [-0.2, -0.15) is 0 Å². The summed E-state index contributed by atoms with van der Waals surface area (Å²) in [5, 5.41) is 12.7. The van der Waals surface area contributed by atoms with Crippen molar-refractivity contribution in [1.82, 2.24) is 20.1 Å². The quantitative estimate of drug-likeness (QED) is 0.425. The number of amides is 1. The SMILES string of the molecule is CSc1nnc(CCCNC(=O)c2ccc(N)cc2)n1C1CCCC1.Cl. The Balaban J connectivity index is 0.00000243. The number of nitrogens with two attached hydrogens (primary N) is 1. The Bertz CT molecular complexity index is 713. The van der Waals surface area contributed by atoms with Crippen LogP contribution in [0.25, 0.3) is 0 Å². The van der Waals surface area contributed by atoms with Crippen LogP contribution in [-0.2, 0) is 6.42 Å². The van der Waals surface area contributed by atoms with Gasteiger partial charge in [0, 0.05) is 30.3 Å². The molecule has 3 N–H and O–H groups in total. The topological polar surface area (TPSA) is 85.8 Å². The summed E-state index contributed by atoms with van der Waals surface area (Å²) in [6.45, 7) is 0.620. The summed E-state index contributed by atoms with van der Waals surface area (Å²) in [6.07, 6.45) is 8.72. The number of thioether (sulfide) groups is 1. The third-order valence-electron chi connectivity index (χ3n) is 4.64. The van der Waals surface area contributed by atoms with Gasteiger partial charge in [-0.15, -0.1) is 22.6 Å². The number of carbonyl (C=O) groups is 1. The van der Waals surface area contributed by atoms with E-state index in [-0.39, 0.29) is 18.3 Å². The van der Waals surface area contributed by atoms with Gasteiger partial charge in [-0.3, -0.25) is 4.79 Å². The zero-order chi connectivity index (χ0) is 17.6. The smallest absolute Gasteiger partial charge is 0.251 e. The van der Waals surface area contributed by atoms with Crippen molar-refractivity contribution in [2.45, 2.75) is 49.7 Å². The lowest BCUT2D eigenvalue weighted by Gasteiger charge is -2.16. The van der Waals surface area contributed by atoms with Crippen molar-refractivity contribution < 1.29 is 4.79 Å². The summed E-state index contributed by atoms with van der Waals surface area (Å²) in [7, 11) is 0. The molecule has 0 aliphatic heterocycles. The number of benzene rings is 1. The average molecular weight is 396 g/mol. The molecule has 1 heterocycles. The zero-order valence-corrected chi connectivity index (χ0v) is 16.6. The number of anilines is 1. The Morgan fingerprint density at radius 2 is 1.96 bits per heavy atom. The van der Waals surface area contributed by atoms with Gasteiger partial charge in [-0.1, -0.05) is 24.6 Å². The number of nitrogen functional groups attached to an aromatic ring is 1. The van der Waals surface area contributed by atoms with Gasteiger partial charge in [-0.05, 0) is 49.8 Å². The van der Waals surface area contributed by atoms with Crippen LogP contribution in [0, 0.1) is 0 Å². The molecule has 1 fully saturated rings. The highest BCUT2D eigenvalue weighted by molar-refractivity contribution is 7.98. The van der Waals surface area contributed by atoms with E-state index in [2.05, 4.69) is 20.1 Å². The van der Waals surface area contributed by atoms with Gasteiger partial charge in [0.2, 0.25) is 0 Å². The molecule has 1 amide bonds. The molecular weight excluding hydrogens is 370 g/mol. The highest BCUT2D eigenvalue weighted by Gasteiger charge is 2.23. The fourth-order valence-corrected chi connectivity index (χ4v) is 3.90. The van der Waals surface area contributed by atoms with Gasteiger partial charge >= 0.3 is 0 Å². The fraction of sp³-hybridized carbons (Fsp3) is 0.500. The van der Waals surface area contributed by atoms with Crippen molar-refractivity contribution >= 4 is 35.8 Å². The van der Waals surface area contributed by atoms with Crippen LogP contribution in [0.1, 0.15) is 54.3 Å². The minimum atomic E-state index is -0.0675. The number of hydrogen-bond acceptors (Lipinski definition) is 5. The molecule has 6 nitrogen and oxygen atoms in total. The van der Waals surface area contributed by atoms with E-state index in [9.17, 15) is 4.79 Å². The molecule has 0 unspecified atom stereocenters. The van der Waals surface area contributed by atoms with E-state index in [0.29, 0.717) is 23.8 Å². The molecule has 1 aromatic carbocycles. The standard InChI is InChI=1S/C18H25N5OS.ClH/c1-25-18-22-21-16(23(18)15-5-2-3-6-15)7-4-12-20-17(24)13-8-10-14(19)11-9-13;/h8-11,15H,2-7,12,19H2,1H3,(H,20,24);1H. The molecular formula is C18H26ClN5OS. The second-order valence-electron chi connectivity index (χ2n) is 6.39. The number of nitrogens with one attached hydrogen (secondary N) is 1. The zero-order valence-electron chi connectivity index (χ0n) is 15.0. The third kappa shape index (κ3) is 4.92. The molecule has 3 rings (SSSR count). The first kappa shape index (κ1) is 20.6. The van der Waals surface area contributed by atoms with Crippen LogP contribution in [0.2, 0.25) is 0 Å². The van der Waals surface area contributed by atoms with Crippen molar-refractivity contribution in [3.05, 3.63) is 35.7 Å². The lowest BCUT2D eigenvalue weighted by molar-refractivity contribution is 0.0953. The molecule has 0 radical (unpaired) electrons. The van der Waals surface area contributed by atoms with E-state index < -0.39 is 0 Å². The second kappa shape index (κ2) is 9.83. The first-order chi connectivity index (χ1) is 12.2. The van der Waals surface area contributed by atoms with Crippen LogP contribution in [0.5, 0.6) is 0 Å². The van der Waals surface area contributed by atoms with Crippen LogP contribution >= 0.6 is 24.2 Å². The Kier molecular flexibility index (Phi) is 7.78. The summed E-state index contributed by atoms with van der Waals surface area (Å²) in [6, 6.07) is 7.50. The molecule has 142 valence electrons. The first-order valence-corrected chi connectivity index (χ1v) is 10.0. The molecule has 2 aromatic rings. The molecule has 0 atom stereocenters. The molecule has 26 heavy (non-hydrogen) atoms. The van der Waals surface area contributed by atoms with Gasteiger partial charge in [0.15, 0.2) is 5.16 Å². The van der Waals surface area contributed by atoms with E-state index in [1.54, 1.807) is 36.0 Å². The lowest BCUT2D eigenvalue weighted by Crippen LogP contribution is -2.25. The lowest BCUT2D eigenvalue weighted by atomic mass is 10.2. The van der Waals surface area contributed by atoms with E-state index in [4.69, 9.17) is 5.73 Å². The number of nitrogens with zero attached hydrogens (tertiary/aromatic N) is 3. The van der Waals surface area contributed by atoms with E-state index in [0.717, 1.165) is 23.8 Å². The Morgan fingerprint density at radius 3 is 2.62 bits per heavy atom. The summed E-state index contributed by atoms with van der Waals surface area (Å²) in [5.74, 6) is 0.972.